The van der Waals surface area contributed by atoms with E-state index in [0.29, 0.717) is 21.5 Å². The molecule has 1 aliphatic heterocycles. The summed E-state index contributed by atoms with van der Waals surface area (Å²) < 4.78 is 0. The van der Waals surface area contributed by atoms with Crippen LogP contribution < -0.4 is 0 Å². The van der Waals surface area contributed by atoms with Crippen molar-refractivity contribution >= 4 is 23.2 Å². The van der Waals surface area contributed by atoms with E-state index < -0.39 is 0 Å². The second kappa shape index (κ2) is 3.38. The highest BCUT2D eigenvalue weighted by atomic mass is 35.5. The predicted octanol–water partition coefficient (Wildman–Crippen LogP) is 3.59. The first-order valence-corrected chi connectivity index (χ1v) is 6.46. The number of nitrogens with zero attached hydrogens (tertiary/aromatic N) is 1. The minimum Gasteiger partial charge on any atom is -0.302 e. The number of fused-ring (bicyclic) bond motifs is 1. The lowest BCUT2D eigenvalue weighted by atomic mass is 9.94. The molecule has 0 aromatic heterocycles. The molecular formula is C13H15Cl2N. The van der Waals surface area contributed by atoms with E-state index in [0.717, 1.165) is 12.5 Å². The summed E-state index contributed by atoms with van der Waals surface area (Å²) in [6.07, 6.45) is 1.30. The van der Waals surface area contributed by atoms with Crippen molar-refractivity contribution in [2.24, 2.45) is 5.92 Å². The monoisotopic (exact) mass is 255 g/mol. The lowest BCUT2D eigenvalue weighted by Crippen LogP contribution is -2.27. The van der Waals surface area contributed by atoms with Gasteiger partial charge >= 0.3 is 0 Å². The van der Waals surface area contributed by atoms with Crippen LogP contribution in [0.25, 0.3) is 0 Å². The maximum Gasteiger partial charge on any atom is 0.0595 e. The van der Waals surface area contributed by atoms with Gasteiger partial charge in [0.05, 0.1) is 10.0 Å². The fourth-order valence-corrected chi connectivity index (χ4v) is 3.57. The van der Waals surface area contributed by atoms with Crippen LogP contribution in [0.3, 0.4) is 0 Å². The lowest BCUT2D eigenvalue weighted by molar-refractivity contribution is 0.284. The van der Waals surface area contributed by atoms with Gasteiger partial charge in [0.2, 0.25) is 0 Å². The number of likely N-dealkylation sites (N-methyl/N-ethyl adjacent to an activating group) is 1. The molecule has 86 valence electrons. The highest BCUT2D eigenvalue weighted by Crippen LogP contribution is 2.61. The number of piperidine rings is 1. The summed E-state index contributed by atoms with van der Waals surface area (Å²) in [5.41, 5.74) is 1.73. The number of rotatable bonds is 1. The third kappa shape index (κ3) is 1.35. The Kier molecular flexibility index (Phi) is 2.30. The van der Waals surface area contributed by atoms with Crippen molar-refractivity contribution in [3.05, 3.63) is 33.8 Å². The summed E-state index contributed by atoms with van der Waals surface area (Å²) in [7, 11) is 2.20. The van der Waals surface area contributed by atoms with Crippen LogP contribution in [0.5, 0.6) is 0 Å². The van der Waals surface area contributed by atoms with E-state index in [-0.39, 0.29) is 0 Å². The van der Waals surface area contributed by atoms with Gasteiger partial charge in [0, 0.05) is 18.0 Å². The van der Waals surface area contributed by atoms with Gasteiger partial charge in [0.1, 0.15) is 0 Å². The maximum absolute atomic E-state index is 6.10. The van der Waals surface area contributed by atoms with E-state index in [1.165, 1.54) is 12.0 Å². The number of halogens is 2. The Labute approximate surface area is 106 Å². The van der Waals surface area contributed by atoms with Crippen LogP contribution >= 0.6 is 23.2 Å². The van der Waals surface area contributed by atoms with Crippen molar-refractivity contribution < 1.29 is 0 Å². The van der Waals surface area contributed by atoms with Gasteiger partial charge in [0.15, 0.2) is 0 Å². The van der Waals surface area contributed by atoms with Gasteiger partial charge in [-0.1, -0.05) is 29.3 Å². The molecule has 0 amide bonds. The van der Waals surface area contributed by atoms with E-state index in [2.05, 4.69) is 31.0 Å². The minimum absolute atomic E-state index is 0.363. The Bertz CT molecular complexity index is 446. The van der Waals surface area contributed by atoms with Gasteiger partial charge in [-0.2, -0.15) is 0 Å². The quantitative estimate of drug-likeness (QED) is 0.742. The molecule has 0 radical (unpaired) electrons. The highest BCUT2D eigenvalue weighted by Gasteiger charge is 2.63. The van der Waals surface area contributed by atoms with Crippen LogP contribution in [0.15, 0.2) is 18.2 Å². The largest absolute Gasteiger partial charge is 0.302 e. The zero-order chi connectivity index (χ0) is 11.5. The first-order chi connectivity index (χ1) is 7.54. The Morgan fingerprint density at radius 2 is 2.06 bits per heavy atom. The summed E-state index contributed by atoms with van der Waals surface area (Å²) in [6.45, 7) is 3.47. The van der Waals surface area contributed by atoms with Crippen LogP contribution in [0.1, 0.15) is 18.9 Å². The molecule has 3 atom stereocenters. The number of hydrogen-bond acceptors (Lipinski definition) is 1. The minimum atomic E-state index is 0.363. The van der Waals surface area contributed by atoms with Gasteiger partial charge in [-0.05, 0) is 44.0 Å². The Morgan fingerprint density at radius 1 is 1.31 bits per heavy atom. The highest BCUT2D eigenvalue weighted by molar-refractivity contribution is 6.42. The van der Waals surface area contributed by atoms with Crippen molar-refractivity contribution in [2.75, 3.05) is 13.6 Å². The fourth-order valence-electron chi connectivity index (χ4n) is 3.27. The maximum atomic E-state index is 6.10. The molecule has 16 heavy (non-hydrogen) atoms. The number of hydrogen-bond donors (Lipinski definition) is 0. The average molecular weight is 256 g/mol. The van der Waals surface area contributed by atoms with Gasteiger partial charge in [-0.15, -0.1) is 0 Å². The third-order valence-corrected chi connectivity index (χ3v) is 5.18. The second-order valence-electron chi connectivity index (χ2n) is 5.25. The molecule has 2 fully saturated rings. The average Bonchev–Trinajstić information content (AvgIpc) is 2.90. The fraction of sp³-hybridized carbons (Fsp3) is 0.538. The molecule has 1 aliphatic carbocycles. The molecule has 0 spiro atoms. The molecule has 1 heterocycles. The Balaban J connectivity index is 1.97. The molecule has 1 nitrogen and oxygen atoms in total. The smallest absolute Gasteiger partial charge is 0.0595 e. The second-order valence-corrected chi connectivity index (χ2v) is 6.07. The van der Waals surface area contributed by atoms with Crippen molar-refractivity contribution in [2.45, 2.75) is 24.8 Å². The van der Waals surface area contributed by atoms with Crippen LogP contribution in [0.4, 0.5) is 0 Å². The zero-order valence-electron chi connectivity index (χ0n) is 9.50. The van der Waals surface area contributed by atoms with Crippen molar-refractivity contribution in [1.29, 1.82) is 0 Å². The first kappa shape index (κ1) is 10.9. The van der Waals surface area contributed by atoms with E-state index in [9.17, 15) is 0 Å². The SMILES string of the molecule is CC1C2CC2(c2ccc(Cl)c(Cl)c2)CN1C. The topological polar surface area (TPSA) is 3.24 Å². The molecule has 0 N–H and O–H groups in total. The number of benzene rings is 1. The normalized spacial score (nSPS) is 37.5. The Hall–Kier alpha value is -0.240. The van der Waals surface area contributed by atoms with Gasteiger partial charge in [0.25, 0.3) is 0 Å². The molecular weight excluding hydrogens is 241 g/mol. The van der Waals surface area contributed by atoms with Gasteiger partial charge in [-0.25, -0.2) is 0 Å². The molecule has 1 aromatic rings. The van der Waals surface area contributed by atoms with E-state index in [4.69, 9.17) is 23.2 Å². The van der Waals surface area contributed by atoms with Gasteiger partial charge in [-0.3, -0.25) is 0 Å². The summed E-state index contributed by atoms with van der Waals surface area (Å²) in [5, 5.41) is 1.33. The van der Waals surface area contributed by atoms with Crippen LogP contribution in [0, 0.1) is 5.92 Å². The van der Waals surface area contributed by atoms with Crippen molar-refractivity contribution in [3.63, 3.8) is 0 Å². The lowest BCUT2D eigenvalue weighted by Gasteiger charge is -2.20. The molecule has 1 aromatic carbocycles. The van der Waals surface area contributed by atoms with E-state index in [1.54, 1.807) is 0 Å². The molecule has 2 aliphatic rings. The van der Waals surface area contributed by atoms with Crippen molar-refractivity contribution in [1.82, 2.24) is 4.90 Å². The summed E-state index contributed by atoms with van der Waals surface area (Å²) in [5.74, 6) is 0.801. The molecule has 3 heteroatoms. The predicted molar refractivity (Wildman–Crippen MR) is 68.3 cm³/mol. The summed E-state index contributed by atoms with van der Waals surface area (Å²) in [6, 6.07) is 6.80. The first-order valence-electron chi connectivity index (χ1n) is 5.70. The molecule has 0 bridgehead atoms. The standard InChI is InChI=1S/C13H15Cl2N/c1-8-10-6-13(10,7-16(8)2)9-3-4-11(14)12(15)5-9/h3-5,8,10H,6-7H2,1-2H3. The van der Waals surface area contributed by atoms with Crippen LogP contribution in [-0.2, 0) is 5.41 Å². The van der Waals surface area contributed by atoms with E-state index in [1.807, 2.05) is 6.07 Å². The zero-order valence-corrected chi connectivity index (χ0v) is 11.0. The molecule has 1 saturated heterocycles. The van der Waals surface area contributed by atoms with Gasteiger partial charge < -0.3 is 4.90 Å². The summed E-state index contributed by atoms with van der Waals surface area (Å²) >= 11 is 12.1. The van der Waals surface area contributed by atoms with Crippen LogP contribution in [-0.4, -0.2) is 24.5 Å². The van der Waals surface area contributed by atoms with E-state index >= 15 is 0 Å². The van der Waals surface area contributed by atoms with Crippen molar-refractivity contribution in [3.8, 4) is 0 Å². The Morgan fingerprint density at radius 3 is 2.62 bits per heavy atom. The molecule has 1 saturated carbocycles. The number of likely N-dealkylation sites (tertiary alicyclic amines) is 1. The van der Waals surface area contributed by atoms with Crippen LogP contribution in [0.2, 0.25) is 10.0 Å². The third-order valence-electron chi connectivity index (χ3n) is 4.44. The molecule has 3 unspecified atom stereocenters. The summed E-state index contributed by atoms with van der Waals surface area (Å²) in [4.78, 5) is 2.44. The molecule has 3 rings (SSSR count).